The molecule has 0 saturated carbocycles. The molecule has 0 radical (unpaired) electrons. The Kier molecular flexibility index (Phi) is 5.61. The van der Waals surface area contributed by atoms with Gasteiger partial charge in [0.1, 0.15) is 12.1 Å². The number of hydrogen-bond acceptors (Lipinski definition) is 3. The Labute approximate surface area is 121 Å². The van der Waals surface area contributed by atoms with E-state index in [9.17, 15) is 22.8 Å². The van der Waals surface area contributed by atoms with E-state index in [2.05, 4.69) is 10.1 Å². The van der Waals surface area contributed by atoms with Gasteiger partial charge in [0.25, 0.3) is 0 Å². The summed E-state index contributed by atoms with van der Waals surface area (Å²) in [6.07, 6.45) is -3.85. The average Bonchev–Trinajstić information content (AvgIpc) is 2.42. The van der Waals surface area contributed by atoms with Crippen LogP contribution < -0.4 is 5.32 Å². The maximum absolute atomic E-state index is 12.5. The molecule has 5 nitrogen and oxygen atoms in total. The average molecular weight is 310 g/mol. The van der Waals surface area contributed by atoms with Crippen LogP contribution in [0.5, 0.6) is 0 Å². The fraction of sp³-hybridized carbons (Fsp3) is 0.846. The SMILES string of the molecule is CCC1(C)NC(=O)CC(C)N(CCOCC(F)(F)F)C1=O. The van der Waals surface area contributed by atoms with Crippen LogP contribution in [0.25, 0.3) is 0 Å². The van der Waals surface area contributed by atoms with Crippen molar-refractivity contribution >= 4 is 11.8 Å². The Balaban J connectivity index is 2.69. The summed E-state index contributed by atoms with van der Waals surface area (Å²) in [5.74, 6) is -0.530. The summed E-state index contributed by atoms with van der Waals surface area (Å²) >= 11 is 0. The lowest BCUT2D eigenvalue weighted by molar-refractivity contribution is -0.175. The normalized spacial score (nSPS) is 27.5. The van der Waals surface area contributed by atoms with Crippen LogP contribution in [0, 0.1) is 0 Å². The molecule has 0 aromatic carbocycles. The second kappa shape index (κ2) is 6.64. The summed E-state index contributed by atoms with van der Waals surface area (Å²) in [6.45, 7) is 3.56. The number of rotatable bonds is 5. The Morgan fingerprint density at radius 1 is 1.43 bits per heavy atom. The van der Waals surface area contributed by atoms with Crippen molar-refractivity contribution in [2.24, 2.45) is 0 Å². The van der Waals surface area contributed by atoms with E-state index < -0.39 is 18.3 Å². The van der Waals surface area contributed by atoms with Gasteiger partial charge in [-0.2, -0.15) is 13.2 Å². The molecule has 21 heavy (non-hydrogen) atoms. The second-order valence-corrected chi connectivity index (χ2v) is 5.45. The fourth-order valence-electron chi connectivity index (χ4n) is 2.22. The van der Waals surface area contributed by atoms with Crippen molar-refractivity contribution in [1.82, 2.24) is 10.2 Å². The van der Waals surface area contributed by atoms with Crippen LogP contribution in [0.4, 0.5) is 13.2 Å². The lowest BCUT2D eigenvalue weighted by atomic mass is 9.97. The van der Waals surface area contributed by atoms with Crippen molar-refractivity contribution in [3.8, 4) is 0 Å². The molecule has 1 aliphatic rings. The molecule has 1 N–H and O–H groups in total. The van der Waals surface area contributed by atoms with Crippen LogP contribution in [-0.4, -0.2) is 54.2 Å². The van der Waals surface area contributed by atoms with Gasteiger partial charge in [-0.15, -0.1) is 0 Å². The van der Waals surface area contributed by atoms with E-state index in [4.69, 9.17) is 0 Å². The van der Waals surface area contributed by atoms with Crippen molar-refractivity contribution in [3.05, 3.63) is 0 Å². The van der Waals surface area contributed by atoms with Gasteiger partial charge in [0.2, 0.25) is 11.8 Å². The molecule has 0 aromatic rings. The van der Waals surface area contributed by atoms with Crippen molar-refractivity contribution in [3.63, 3.8) is 0 Å². The first kappa shape index (κ1) is 17.7. The zero-order chi connectivity index (χ0) is 16.3. The van der Waals surface area contributed by atoms with Crippen LogP contribution in [0.15, 0.2) is 0 Å². The number of carbonyl (C=O) groups excluding carboxylic acids is 2. The summed E-state index contributed by atoms with van der Waals surface area (Å²) in [4.78, 5) is 25.6. The van der Waals surface area contributed by atoms with E-state index in [1.54, 1.807) is 20.8 Å². The number of hydrogen-bond donors (Lipinski definition) is 1. The minimum Gasteiger partial charge on any atom is -0.370 e. The van der Waals surface area contributed by atoms with Crippen molar-refractivity contribution in [2.45, 2.75) is 51.4 Å². The van der Waals surface area contributed by atoms with Gasteiger partial charge in [-0.3, -0.25) is 9.59 Å². The van der Waals surface area contributed by atoms with E-state index in [-0.39, 0.29) is 37.4 Å². The van der Waals surface area contributed by atoms with Gasteiger partial charge < -0.3 is 15.0 Å². The molecule has 0 spiro atoms. The lowest BCUT2D eigenvalue weighted by Crippen LogP contribution is -2.56. The molecule has 0 bridgehead atoms. The smallest absolute Gasteiger partial charge is 0.370 e. The number of nitrogens with one attached hydrogen (secondary N) is 1. The highest BCUT2D eigenvalue weighted by atomic mass is 19.4. The van der Waals surface area contributed by atoms with Crippen LogP contribution in [0.2, 0.25) is 0 Å². The summed E-state index contributed by atoms with van der Waals surface area (Å²) in [5, 5.41) is 2.68. The molecule has 2 amide bonds. The molecule has 0 aromatic heterocycles. The van der Waals surface area contributed by atoms with E-state index in [0.717, 1.165) is 0 Å². The molecule has 1 rings (SSSR count). The molecular weight excluding hydrogens is 289 g/mol. The van der Waals surface area contributed by atoms with Crippen LogP contribution in [0.1, 0.15) is 33.6 Å². The number of alkyl halides is 3. The second-order valence-electron chi connectivity index (χ2n) is 5.45. The molecule has 2 atom stereocenters. The predicted molar refractivity (Wildman–Crippen MR) is 69.5 cm³/mol. The molecule has 1 saturated heterocycles. The van der Waals surface area contributed by atoms with Crippen molar-refractivity contribution < 1.29 is 27.5 Å². The first-order valence-corrected chi connectivity index (χ1v) is 6.85. The number of ether oxygens (including phenoxy) is 1. The lowest BCUT2D eigenvalue weighted by Gasteiger charge is -2.33. The highest BCUT2D eigenvalue weighted by Crippen LogP contribution is 2.21. The third-order valence-corrected chi connectivity index (χ3v) is 3.61. The summed E-state index contributed by atoms with van der Waals surface area (Å²) in [6, 6.07) is -0.375. The first-order chi connectivity index (χ1) is 9.59. The summed E-state index contributed by atoms with van der Waals surface area (Å²) < 4.78 is 40.6. The molecule has 0 aliphatic carbocycles. The van der Waals surface area contributed by atoms with Gasteiger partial charge in [-0.25, -0.2) is 0 Å². The molecule has 122 valence electrons. The van der Waals surface area contributed by atoms with Crippen molar-refractivity contribution in [2.75, 3.05) is 19.8 Å². The number of halogens is 3. The highest BCUT2D eigenvalue weighted by molar-refractivity contribution is 5.93. The zero-order valence-corrected chi connectivity index (χ0v) is 12.4. The minimum atomic E-state index is -4.39. The largest absolute Gasteiger partial charge is 0.411 e. The first-order valence-electron chi connectivity index (χ1n) is 6.85. The summed E-state index contributed by atoms with van der Waals surface area (Å²) in [7, 11) is 0. The summed E-state index contributed by atoms with van der Waals surface area (Å²) in [5.41, 5.74) is -1.02. The fourth-order valence-corrected chi connectivity index (χ4v) is 2.22. The van der Waals surface area contributed by atoms with Crippen LogP contribution in [0.3, 0.4) is 0 Å². The number of amides is 2. The van der Waals surface area contributed by atoms with E-state index in [1.807, 2.05) is 0 Å². The van der Waals surface area contributed by atoms with E-state index in [0.29, 0.717) is 6.42 Å². The Bertz CT molecular complexity index is 401. The third-order valence-electron chi connectivity index (χ3n) is 3.61. The van der Waals surface area contributed by atoms with Gasteiger partial charge in [0.15, 0.2) is 0 Å². The molecule has 8 heteroatoms. The maximum atomic E-state index is 12.5. The Hall–Kier alpha value is -1.31. The molecule has 2 unspecified atom stereocenters. The van der Waals surface area contributed by atoms with Gasteiger partial charge in [-0.05, 0) is 20.3 Å². The number of nitrogens with zero attached hydrogens (tertiary/aromatic N) is 1. The quantitative estimate of drug-likeness (QED) is 0.782. The van der Waals surface area contributed by atoms with Crippen LogP contribution >= 0.6 is 0 Å². The van der Waals surface area contributed by atoms with Gasteiger partial charge in [-0.1, -0.05) is 6.92 Å². The highest BCUT2D eigenvalue weighted by Gasteiger charge is 2.41. The zero-order valence-electron chi connectivity index (χ0n) is 12.4. The number of carbonyl (C=O) groups is 2. The van der Waals surface area contributed by atoms with Crippen LogP contribution in [-0.2, 0) is 14.3 Å². The molecule has 1 aliphatic heterocycles. The standard InChI is InChI=1S/C13H21F3N2O3/c1-4-12(3)11(20)18(9(2)7-10(19)17-12)5-6-21-8-13(14,15)16/h9H,4-8H2,1-3H3,(H,17,19). The molecule has 1 heterocycles. The Morgan fingerprint density at radius 2 is 2.05 bits per heavy atom. The molecular formula is C13H21F3N2O3. The van der Waals surface area contributed by atoms with Gasteiger partial charge >= 0.3 is 6.18 Å². The maximum Gasteiger partial charge on any atom is 0.411 e. The van der Waals surface area contributed by atoms with Gasteiger partial charge in [0, 0.05) is 19.0 Å². The van der Waals surface area contributed by atoms with Gasteiger partial charge in [0.05, 0.1) is 6.61 Å². The topological polar surface area (TPSA) is 58.6 Å². The van der Waals surface area contributed by atoms with E-state index in [1.165, 1.54) is 4.90 Å². The Morgan fingerprint density at radius 3 is 2.57 bits per heavy atom. The molecule has 1 fully saturated rings. The third kappa shape index (κ3) is 4.87. The monoisotopic (exact) mass is 310 g/mol. The minimum absolute atomic E-state index is 0.0284. The predicted octanol–water partition coefficient (Wildman–Crippen LogP) is 1.47. The van der Waals surface area contributed by atoms with Crippen molar-refractivity contribution in [1.29, 1.82) is 0 Å². The van der Waals surface area contributed by atoms with E-state index >= 15 is 0 Å².